The first kappa shape index (κ1) is 15.7. The Morgan fingerprint density at radius 3 is 2.62 bits per heavy atom. The van der Waals surface area contributed by atoms with Crippen LogP contribution in [0.4, 0.5) is 11.4 Å². The third-order valence-corrected chi connectivity index (χ3v) is 3.65. The molecule has 0 unspecified atom stereocenters. The van der Waals surface area contributed by atoms with Crippen molar-refractivity contribution in [1.29, 1.82) is 0 Å². The summed E-state index contributed by atoms with van der Waals surface area (Å²) < 4.78 is 5.42. The lowest BCUT2D eigenvalue weighted by atomic mass is 9.94. The number of carbonyl (C=O) groups excluding carboxylic acids is 1. The van der Waals surface area contributed by atoms with Crippen molar-refractivity contribution < 1.29 is 9.53 Å². The highest BCUT2D eigenvalue weighted by Gasteiger charge is 2.25. The maximum absolute atomic E-state index is 12.0. The van der Waals surface area contributed by atoms with Crippen LogP contribution in [0.1, 0.15) is 40.0 Å². The Kier molecular flexibility index (Phi) is 4.76. The number of benzene rings is 1. The average molecular weight is 290 g/mol. The van der Waals surface area contributed by atoms with E-state index >= 15 is 0 Å². The molecule has 4 heteroatoms. The van der Waals surface area contributed by atoms with Gasteiger partial charge in [0, 0.05) is 24.5 Å². The number of nitrogens with zero attached hydrogens (tertiary/aromatic N) is 1. The van der Waals surface area contributed by atoms with E-state index in [0.29, 0.717) is 12.3 Å². The maximum Gasteiger partial charge on any atom is 0.306 e. The van der Waals surface area contributed by atoms with Crippen molar-refractivity contribution in [3.63, 3.8) is 0 Å². The summed E-state index contributed by atoms with van der Waals surface area (Å²) in [6.45, 7) is 7.67. The van der Waals surface area contributed by atoms with Gasteiger partial charge in [-0.05, 0) is 63.8 Å². The Bertz CT molecular complexity index is 477. The topological polar surface area (TPSA) is 55.6 Å². The summed E-state index contributed by atoms with van der Waals surface area (Å²) in [6, 6.07) is 7.94. The minimum atomic E-state index is -0.400. The number of ether oxygens (including phenoxy) is 1. The Balaban J connectivity index is 1.91. The quantitative estimate of drug-likeness (QED) is 0.686. The number of hydrogen-bond donors (Lipinski definition) is 1. The van der Waals surface area contributed by atoms with E-state index in [4.69, 9.17) is 10.5 Å². The van der Waals surface area contributed by atoms with Gasteiger partial charge in [-0.3, -0.25) is 4.79 Å². The zero-order valence-corrected chi connectivity index (χ0v) is 13.3. The van der Waals surface area contributed by atoms with Crippen molar-refractivity contribution in [1.82, 2.24) is 0 Å². The van der Waals surface area contributed by atoms with Crippen LogP contribution in [-0.4, -0.2) is 24.7 Å². The van der Waals surface area contributed by atoms with Crippen LogP contribution < -0.4 is 10.6 Å². The SMILES string of the molecule is CC(C)(C)OC(=O)C[C@H]1CCCN(c2ccc(N)cc2)C1. The van der Waals surface area contributed by atoms with E-state index < -0.39 is 5.60 Å². The molecule has 1 atom stereocenters. The summed E-state index contributed by atoms with van der Waals surface area (Å²) in [7, 11) is 0. The molecule has 1 saturated heterocycles. The van der Waals surface area contributed by atoms with Crippen LogP contribution >= 0.6 is 0 Å². The number of anilines is 2. The van der Waals surface area contributed by atoms with E-state index in [1.165, 1.54) is 5.69 Å². The lowest BCUT2D eigenvalue weighted by Gasteiger charge is -2.34. The summed E-state index contributed by atoms with van der Waals surface area (Å²) in [4.78, 5) is 14.3. The third-order valence-electron chi connectivity index (χ3n) is 3.65. The predicted molar refractivity (Wildman–Crippen MR) is 86.3 cm³/mol. The van der Waals surface area contributed by atoms with E-state index in [-0.39, 0.29) is 5.97 Å². The molecular formula is C17H26N2O2. The van der Waals surface area contributed by atoms with Gasteiger partial charge in [0.1, 0.15) is 5.60 Å². The summed E-state index contributed by atoms with van der Waals surface area (Å²) in [6.07, 6.45) is 2.70. The van der Waals surface area contributed by atoms with Gasteiger partial charge >= 0.3 is 5.97 Å². The largest absolute Gasteiger partial charge is 0.460 e. The Morgan fingerprint density at radius 1 is 1.33 bits per heavy atom. The standard InChI is InChI=1S/C17H26N2O2/c1-17(2,3)21-16(20)11-13-5-4-10-19(12-13)15-8-6-14(18)7-9-15/h6-9,13H,4-5,10-12,18H2,1-3H3/t13-/m1/s1. The second-order valence-electron chi connectivity index (χ2n) is 6.84. The van der Waals surface area contributed by atoms with E-state index in [9.17, 15) is 4.79 Å². The number of hydrogen-bond acceptors (Lipinski definition) is 4. The molecular weight excluding hydrogens is 264 g/mol. The fourth-order valence-corrected chi connectivity index (χ4v) is 2.77. The second kappa shape index (κ2) is 6.37. The maximum atomic E-state index is 12.0. The van der Waals surface area contributed by atoms with Crippen LogP contribution in [0.15, 0.2) is 24.3 Å². The van der Waals surface area contributed by atoms with Crippen molar-refractivity contribution in [2.75, 3.05) is 23.7 Å². The van der Waals surface area contributed by atoms with Gasteiger partial charge in [0.25, 0.3) is 0 Å². The van der Waals surface area contributed by atoms with Crippen LogP contribution in [-0.2, 0) is 9.53 Å². The summed E-state index contributed by atoms with van der Waals surface area (Å²) in [5.74, 6) is 0.276. The molecule has 0 amide bonds. The fourth-order valence-electron chi connectivity index (χ4n) is 2.77. The lowest BCUT2D eigenvalue weighted by Crippen LogP contribution is -2.37. The van der Waals surface area contributed by atoms with E-state index in [2.05, 4.69) is 4.90 Å². The fraction of sp³-hybridized carbons (Fsp3) is 0.588. The number of carbonyl (C=O) groups is 1. The van der Waals surface area contributed by atoms with Gasteiger partial charge in [-0.2, -0.15) is 0 Å². The summed E-state index contributed by atoms with van der Waals surface area (Å²) in [5.41, 5.74) is 7.29. The highest BCUT2D eigenvalue weighted by molar-refractivity contribution is 5.70. The number of piperidine rings is 1. The first-order valence-electron chi connectivity index (χ1n) is 7.66. The molecule has 0 bridgehead atoms. The highest BCUT2D eigenvalue weighted by Crippen LogP contribution is 2.26. The van der Waals surface area contributed by atoms with Crippen molar-refractivity contribution in [2.24, 2.45) is 5.92 Å². The molecule has 0 aromatic heterocycles. The van der Waals surface area contributed by atoms with Gasteiger partial charge < -0.3 is 15.4 Å². The van der Waals surface area contributed by atoms with Crippen molar-refractivity contribution in [2.45, 2.75) is 45.6 Å². The highest BCUT2D eigenvalue weighted by atomic mass is 16.6. The van der Waals surface area contributed by atoms with Crippen molar-refractivity contribution >= 4 is 17.3 Å². The minimum absolute atomic E-state index is 0.0911. The molecule has 2 N–H and O–H groups in total. The van der Waals surface area contributed by atoms with Gasteiger partial charge in [0.05, 0.1) is 6.42 Å². The lowest BCUT2D eigenvalue weighted by molar-refractivity contribution is -0.156. The molecule has 4 nitrogen and oxygen atoms in total. The Labute approximate surface area is 127 Å². The predicted octanol–water partition coefficient (Wildman–Crippen LogP) is 3.22. The molecule has 0 radical (unpaired) electrons. The van der Waals surface area contributed by atoms with Gasteiger partial charge in [-0.15, -0.1) is 0 Å². The van der Waals surface area contributed by atoms with Crippen molar-refractivity contribution in [3.8, 4) is 0 Å². The number of nitrogens with two attached hydrogens (primary N) is 1. The molecule has 1 aromatic carbocycles. The number of rotatable bonds is 3. The van der Waals surface area contributed by atoms with Crippen LogP contribution in [0.2, 0.25) is 0 Å². The first-order valence-corrected chi connectivity index (χ1v) is 7.66. The normalized spacial score (nSPS) is 19.4. The summed E-state index contributed by atoms with van der Waals surface area (Å²) in [5, 5.41) is 0. The molecule has 0 aliphatic carbocycles. The van der Waals surface area contributed by atoms with Crippen LogP contribution in [0, 0.1) is 5.92 Å². The minimum Gasteiger partial charge on any atom is -0.460 e. The molecule has 1 aromatic rings. The first-order chi connectivity index (χ1) is 9.83. The van der Waals surface area contributed by atoms with Gasteiger partial charge in [-0.25, -0.2) is 0 Å². The van der Waals surface area contributed by atoms with E-state index in [0.717, 1.165) is 31.6 Å². The monoisotopic (exact) mass is 290 g/mol. The molecule has 116 valence electrons. The van der Waals surface area contributed by atoms with Crippen molar-refractivity contribution in [3.05, 3.63) is 24.3 Å². The van der Waals surface area contributed by atoms with Crippen LogP contribution in [0.3, 0.4) is 0 Å². The Hall–Kier alpha value is -1.71. The van der Waals surface area contributed by atoms with Gasteiger partial charge in [-0.1, -0.05) is 0 Å². The zero-order chi connectivity index (χ0) is 15.5. The molecule has 0 saturated carbocycles. The van der Waals surface area contributed by atoms with E-state index in [1.807, 2.05) is 45.0 Å². The summed E-state index contributed by atoms with van der Waals surface area (Å²) >= 11 is 0. The molecule has 2 rings (SSSR count). The van der Waals surface area contributed by atoms with E-state index in [1.54, 1.807) is 0 Å². The molecule has 1 aliphatic heterocycles. The van der Waals surface area contributed by atoms with Gasteiger partial charge in [0.15, 0.2) is 0 Å². The zero-order valence-electron chi connectivity index (χ0n) is 13.3. The molecule has 0 spiro atoms. The smallest absolute Gasteiger partial charge is 0.306 e. The molecule has 1 fully saturated rings. The number of nitrogen functional groups attached to an aromatic ring is 1. The third kappa shape index (κ3) is 4.96. The average Bonchev–Trinajstić information content (AvgIpc) is 2.37. The molecule has 1 heterocycles. The molecule has 21 heavy (non-hydrogen) atoms. The van der Waals surface area contributed by atoms with Gasteiger partial charge in [0.2, 0.25) is 0 Å². The van der Waals surface area contributed by atoms with Crippen LogP contribution in [0.25, 0.3) is 0 Å². The molecule has 1 aliphatic rings. The van der Waals surface area contributed by atoms with Crippen LogP contribution in [0.5, 0.6) is 0 Å². The second-order valence-corrected chi connectivity index (χ2v) is 6.84. The number of esters is 1. The Morgan fingerprint density at radius 2 is 2.00 bits per heavy atom.